The molecule has 0 aromatic carbocycles. The van der Waals surface area contributed by atoms with Crippen molar-refractivity contribution >= 4 is 53.4 Å². The van der Waals surface area contributed by atoms with Gasteiger partial charge in [0, 0.05) is 114 Å². The predicted octanol–water partition coefficient (Wildman–Crippen LogP) is -7.68. The molecule has 3 rings (SSSR count). The normalized spacial score (nSPS) is 24.2. The molecule has 0 saturated carbocycles. The molecular weight excluding hydrogens is 1050 g/mol. The lowest BCUT2D eigenvalue weighted by Crippen LogP contribution is -2.65. The van der Waals surface area contributed by atoms with Gasteiger partial charge in [-0.2, -0.15) is 0 Å². The van der Waals surface area contributed by atoms with Crippen molar-refractivity contribution in [3.05, 3.63) is 0 Å². The summed E-state index contributed by atoms with van der Waals surface area (Å²) in [5.41, 5.74) is 47.4. The van der Waals surface area contributed by atoms with Gasteiger partial charge in [-0.3, -0.25) is 33.6 Å². The second-order valence-corrected chi connectivity index (χ2v) is 21.0. The van der Waals surface area contributed by atoms with E-state index in [2.05, 4.69) is 52.8 Å². The number of nitrogens with two attached hydrogens (primary N) is 8. The van der Waals surface area contributed by atoms with Crippen molar-refractivity contribution in [3.63, 3.8) is 0 Å². The lowest BCUT2D eigenvalue weighted by Gasteiger charge is -2.42. The Bertz CT molecular complexity index is 1980. The molecule has 0 spiro atoms. The molecule has 8 amide bonds. The van der Waals surface area contributed by atoms with E-state index in [0.717, 1.165) is 6.42 Å². The summed E-state index contributed by atoms with van der Waals surface area (Å²) < 4.78 is 10.8. The molecule has 0 aromatic heterocycles. The van der Waals surface area contributed by atoms with Crippen molar-refractivity contribution in [1.82, 2.24) is 47.9 Å². The van der Waals surface area contributed by atoms with E-state index >= 15 is 0 Å². The Hall–Kier alpha value is -5.61. The highest BCUT2D eigenvalue weighted by Gasteiger charge is 2.49. The van der Waals surface area contributed by atoms with Crippen molar-refractivity contribution in [2.75, 3.05) is 52.4 Å². The van der Waals surface area contributed by atoms with E-state index in [4.69, 9.17) is 55.3 Å². The van der Waals surface area contributed by atoms with Crippen LogP contribution in [0.3, 0.4) is 0 Å². The summed E-state index contributed by atoms with van der Waals surface area (Å²) in [4.78, 5) is 103. The minimum atomic E-state index is -1.67. The number of ether oxygens (including phenoxy) is 2. The summed E-state index contributed by atoms with van der Waals surface area (Å²) in [6, 6.07) is -5.49. The number of carbonyl (C=O) groups excluding carboxylic acids is 8. The highest BCUT2D eigenvalue weighted by Crippen LogP contribution is 2.26. The molecule has 6 unspecified atom stereocenters. The maximum absolute atomic E-state index is 13.2. The van der Waals surface area contributed by atoms with Crippen LogP contribution in [0.4, 0.5) is 4.79 Å². The number of β-amino-alcohol motifs (C(OH)–C–C–N with tert-alkyl or cyclic N) is 1. The minimum Gasteiger partial charge on any atom is -0.441 e. The molecule has 458 valence electrons. The second-order valence-electron chi connectivity index (χ2n) is 21.0. The lowest BCUT2D eigenvalue weighted by atomic mass is 9.95. The van der Waals surface area contributed by atoms with Crippen LogP contribution in [0.5, 0.6) is 0 Å². The maximum Gasteiger partial charge on any atom is 0.404 e. The van der Waals surface area contributed by atoms with Gasteiger partial charge in [-0.1, -0.05) is 0 Å². The van der Waals surface area contributed by atoms with Gasteiger partial charge in [0.15, 0.2) is 18.3 Å². The fraction of sp³-hybridized carbons (Fsp3) is 0.816. The van der Waals surface area contributed by atoms with Crippen molar-refractivity contribution in [1.29, 1.82) is 0 Å². The van der Waals surface area contributed by atoms with Crippen LogP contribution in [0.25, 0.3) is 0 Å². The Balaban J connectivity index is 1.20. The largest absolute Gasteiger partial charge is 0.441 e. The highest BCUT2D eigenvalue weighted by atomic mass is 16.6. The Kier molecular flexibility index (Phi) is 32.1. The third-order valence-corrected chi connectivity index (χ3v) is 13.7. The van der Waals surface area contributed by atoms with Gasteiger partial charge in [0.1, 0.15) is 24.3 Å². The third-order valence-electron chi connectivity index (χ3n) is 13.7. The second kappa shape index (κ2) is 37.4. The zero-order chi connectivity index (χ0) is 59.1. The summed E-state index contributed by atoms with van der Waals surface area (Å²) >= 11 is 0. The number of aliphatic imine (C=N–C) groups is 1. The number of primary amides is 1. The Morgan fingerprint density at radius 2 is 0.975 bits per heavy atom. The standard InChI is InChI=1S/C49H94N18O13/c50-13-1-7-27(51)19-35(70)58-14-2-8-28(52)20-36(71)59-15-3-9-29(53)21-37(72)60-16-4-10-30(54)22-38(73)61-17-5-11-31(55)23-39(74)62-18-6-12-32(56)24-40(75)64-43-44(76)45(80-48(57)78)34(26-68)79-47(43)67-49-65-41-33(69)25-63-46(77)42(41)66-49/h27-34,41-45,47,68-69,76H,1-26,50-56H2,(H2,57,78)(H,58,70)(H,59,71)(H,60,72)(H,61,73)(H,62,74)(H,63,77)(H,64,75)(H2,65,66,67)/t27?,28?,29?,30?,31?,32?,33-,34-,41-,42+,43-,44+,45+,47-/m1/s1. The van der Waals surface area contributed by atoms with Gasteiger partial charge in [-0.15, -0.1) is 0 Å². The van der Waals surface area contributed by atoms with E-state index in [0.29, 0.717) is 103 Å². The van der Waals surface area contributed by atoms with Gasteiger partial charge in [0.05, 0.1) is 18.8 Å². The number of carbonyl (C=O) groups is 8. The SMILES string of the molecule is NCCCC(N)CC(=O)NCCCC(N)CC(=O)NCCCC(N)CC(=O)NCCCC(N)CC(=O)NCCCC(N)CC(=O)NCCCC(N)CC(=O)N[C@@H]1[C@H](O)[C@@H](OC(N)=O)[C@@H](CO)O[C@H]1/N=C1\N[C@@H]2[C@H](O)CNC(=O)[C@H]2N1. The third kappa shape index (κ3) is 27.2. The number of rotatable bonds is 39. The lowest BCUT2D eigenvalue weighted by molar-refractivity contribution is -0.192. The van der Waals surface area contributed by atoms with Gasteiger partial charge >= 0.3 is 6.09 Å². The zero-order valence-electron chi connectivity index (χ0n) is 46.0. The Morgan fingerprint density at radius 3 is 1.32 bits per heavy atom. The molecular formula is C49H94N18O13. The van der Waals surface area contributed by atoms with E-state index in [1.807, 2.05) is 0 Å². The molecule has 0 radical (unpaired) electrons. The van der Waals surface area contributed by atoms with Crippen LogP contribution in [-0.2, 0) is 43.0 Å². The average Bonchev–Trinajstić information content (AvgIpc) is 3.98. The molecule has 3 aliphatic rings. The van der Waals surface area contributed by atoms with Crippen LogP contribution in [0.2, 0.25) is 0 Å². The van der Waals surface area contributed by atoms with Crippen molar-refractivity contribution < 1.29 is 63.1 Å². The molecule has 0 aliphatic carbocycles. The minimum absolute atomic E-state index is 0.00663. The number of piperidine rings is 1. The molecule has 28 N–H and O–H groups in total. The molecule has 3 fully saturated rings. The van der Waals surface area contributed by atoms with Crippen molar-refractivity contribution in [2.45, 2.75) is 201 Å². The van der Waals surface area contributed by atoms with Crippen LogP contribution in [0.1, 0.15) is 116 Å². The fourth-order valence-corrected chi connectivity index (χ4v) is 9.33. The average molecular weight is 1140 g/mol. The maximum atomic E-state index is 13.2. The van der Waals surface area contributed by atoms with Crippen molar-refractivity contribution in [2.24, 2.45) is 50.9 Å². The number of aliphatic hydroxyl groups is 3. The quantitative estimate of drug-likeness (QED) is 0.0254. The molecule has 31 nitrogen and oxygen atoms in total. The topological polar surface area (TPSA) is 544 Å². The smallest absolute Gasteiger partial charge is 0.404 e. The first-order valence-corrected chi connectivity index (χ1v) is 27.9. The first-order chi connectivity index (χ1) is 38.1. The number of hydrogen-bond donors (Lipinski definition) is 20. The zero-order valence-corrected chi connectivity index (χ0v) is 46.0. The number of amides is 8. The summed E-state index contributed by atoms with van der Waals surface area (Å²) in [6.07, 6.45) is -1.05. The molecule has 3 heterocycles. The molecule has 31 heteroatoms. The van der Waals surface area contributed by atoms with Crippen LogP contribution in [-0.4, -0.2) is 206 Å². The van der Waals surface area contributed by atoms with E-state index in [-0.39, 0.29) is 105 Å². The predicted molar refractivity (Wildman–Crippen MR) is 294 cm³/mol. The van der Waals surface area contributed by atoms with Crippen LogP contribution < -0.4 is 93.7 Å². The summed E-state index contributed by atoms with van der Waals surface area (Å²) in [7, 11) is 0. The number of nitrogens with one attached hydrogen (secondary N) is 9. The van der Waals surface area contributed by atoms with Crippen LogP contribution >= 0.6 is 0 Å². The van der Waals surface area contributed by atoms with E-state index in [9.17, 15) is 53.7 Å². The van der Waals surface area contributed by atoms with Crippen molar-refractivity contribution in [3.8, 4) is 0 Å². The van der Waals surface area contributed by atoms with E-state index in [1.54, 1.807) is 0 Å². The molecule has 14 atom stereocenters. The number of nitrogens with zero attached hydrogens (tertiary/aromatic N) is 1. The summed E-state index contributed by atoms with van der Waals surface area (Å²) in [5.74, 6) is -2.02. The number of guanidine groups is 1. The molecule has 0 aromatic rings. The summed E-state index contributed by atoms with van der Waals surface area (Å²) in [6.45, 7) is 1.64. The number of hydrogen-bond acceptors (Lipinski definition) is 21. The van der Waals surface area contributed by atoms with Gasteiger partial charge in [0.25, 0.3) is 0 Å². The molecule has 3 saturated heterocycles. The monoisotopic (exact) mass is 1140 g/mol. The van der Waals surface area contributed by atoms with Gasteiger partial charge in [0.2, 0.25) is 41.4 Å². The number of fused-ring (bicyclic) bond motifs is 1. The fourth-order valence-electron chi connectivity index (χ4n) is 9.33. The number of aliphatic hydroxyl groups excluding tert-OH is 3. The highest BCUT2D eigenvalue weighted by molar-refractivity contribution is 5.94. The molecule has 0 bridgehead atoms. The van der Waals surface area contributed by atoms with E-state index in [1.165, 1.54) is 0 Å². The van der Waals surface area contributed by atoms with E-state index < -0.39 is 91.4 Å². The van der Waals surface area contributed by atoms with Crippen LogP contribution in [0, 0.1) is 0 Å². The first-order valence-electron chi connectivity index (χ1n) is 27.9. The van der Waals surface area contributed by atoms with Gasteiger partial charge < -0.3 is 119 Å². The Morgan fingerprint density at radius 1 is 0.600 bits per heavy atom. The van der Waals surface area contributed by atoms with Crippen LogP contribution in [0.15, 0.2) is 4.99 Å². The Labute approximate surface area is 467 Å². The first kappa shape index (κ1) is 68.7. The molecule has 80 heavy (non-hydrogen) atoms. The van der Waals surface area contributed by atoms with Gasteiger partial charge in [-0.25, -0.2) is 9.79 Å². The summed E-state index contributed by atoms with van der Waals surface area (Å²) in [5, 5.41) is 56.5. The molecule has 3 aliphatic heterocycles. The van der Waals surface area contributed by atoms with Gasteiger partial charge in [-0.05, 0) is 83.6 Å².